The highest BCUT2D eigenvalue weighted by Gasteiger charge is 2.12. The van der Waals surface area contributed by atoms with Gasteiger partial charge in [0.05, 0.1) is 31.2 Å². The van der Waals surface area contributed by atoms with Crippen LogP contribution in [0.3, 0.4) is 0 Å². The van der Waals surface area contributed by atoms with E-state index < -0.39 is 0 Å². The normalized spacial score (nSPS) is 10.5. The molecule has 0 aliphatic heterocycles. The maximum Gasteiger partial charge on any atom is 0.144 e. The van der Waals surface area contributed by atoms with Gasteiger partial charge in [0.15, 0.2) is 0 Å². The van der Waals surface area contributed by atoms with Gasteiger partial charge < -0.3 is 24.8 Å². The monoisotopic (exact) mass is 268 g/mol. The molecule has 0 aromatic heterocycles. The SMILES string of the molecule is CCOc1cccc(N(CCOC)CCOC)c1N. The van der Waals surface area contributed by atoms with Crippen molar-refractivity contribution in [3.63, 3.8) is 0 Å². The molecular weight excluding hydrogens is 244 g/mol. The van der Waals surface area contributed by atoms with Gasteiger partial charge >= 0.3 is 0 Å². The van der Waals surface area contributed by atoms with Crippen LogP contribution in [0.1, 0.15) is 6.92 Å². The van der Waals surface area contributed by atoms with Crippen molar-refractivity contribution in [1.82, 2.24) is 0 Å². The lowest BCUT2D eigenvalue weighted by Gasteiger charge is -2.26. The van der Waals surface area contributed by atoms with Crippen LogP contribution in [-0.4, -0.2) is 47.1 Å². The molecule has 1 aromatic carbocycles. The molecule has 2 N–H and O–H groups in total. The van der Waals surface area contributed by atoms with Gasteiger partial charge in [0, 0.05) is 27.3 Å². The Morgan fingerprint density at radius 3 is 2.26 bits per heavy atom. The summed E-state index contributed by atoms with van der Waals surface area (Å²) in [6.07, 6.45) is 0. The molecule has 0 bridgehead atoms. The van der Waals surface area contributed by atoms with Crippen molar-refractivity contribution < 1.29 is 14.2 Å². The van der Waals surface area contributed by atoms with Crippen LogP contribution in [0.15, 0.2) is 18.2 Å². The number of methoxy groups -OCH3 is 2. The van der Waals surface area contributed by atoms with Crippen LogP contribution < -0.4 is 15.4 Å². The predicted octanol–water partition coefficient (Wildman–Crippen LogP) is 1.77. The van der Waals surface area contributed by atoms with Crippen molar-refractivity contribution in [3.8, 4) is 5.75 Å². The molecule has 19 heavy (non-hydrogen) atoms. The minimum atomic E-state index is 0.601. The standard InChI is InChI=1S/C14H24N2O3/c1-4-19-13-7-5-6-12(14(13)15)16(8-10-17-2)9-11-18-3/h5-7H,4,8-11,15H2,1-3H3. The van der Waals surface area contributed by atoms with Crippen molar-refractivity contribution in [2.45, 2.75) is 6.92 Å². The van der Waals surface area contributed by atoms with Gasteiger partial charge in [0.25, 0.3) is 0 Å². The molecule has 0 aliphatic carbocycles. The summed E-state index contributed by atoms with van der Waals surface area (Å²) in [5, 5.41) is 0. The molecule has 0 unspecified atom stereocenters. The van der Waals surface area contributed by atoms with Crippen LogP contribution in [0, 0.1) is 0 Å². The Balaban J connectivity index is 2.89. The van der Waals surface area contributed by atoms with Crippen LogP contribution in [-0.2, 0) is 9.47 Å². The van der Waals surface area contributed by atoms with E-state index in [4.69, 9.17) is 19.9 Å². The lowest BCUT2D eigenvalue weighted by molar-refractivity contribution is 0.190. The zero-order valence-electron chi connectivity index (χ0n) is 12.0. The summed E-state index contributed by atoms with van der Waals surface area (Å²) < 4.78 is 15.8. The van der Waals surface area contributed by atoms with E-state index in [0.29, 0.717) is 25.5 Å². The summed E-state index contributed by atoms with van der Waals surface area (Å²) in [5.74, 6) is 0.722. The van der Waals surface area contributed by atoms with E-state index in [1.807, 2.05) is 25.1 Å². The van der Waals surface area contributed by atoms with E-state index >= 15 is 0 Å². The molecule has 0 saturated heterocycles. The molecule has 1 aromatic rings. The molecule has 0 fully saturated rings. The first kappa shape index (κ1) is 15.6. The van der Waals surface area contributed by atoms with E-state index in [1.54, 1.807) is 14.2 Å². The largest absolute Gasteiger partial charge is 0.492 e. The second-order valence-electron chi connectivity index (χ2n) is 4.09. The number of rotatable bonds is 9. The Bertz CT molecular complexity index is 364. The van der Waals surface area contributed by atoms with Gasteiger partial charge in [0.2, 0.25) is 0 Å². The molecule has 0 radical (unpaired) electrons. The summed E-state index contributed by atoms with van der Waals surface area (Å²) >= 11 is 0. The molecule has 0 amide bonds. The number of benzene rings is 1. The smallest absolute Gasteiger partial charge is 0.144 e. The molecule has 1 rings (SSSR count). The number of nitrogens with two attached hydrogens (primary N) is 1. The summed E-state index contributed by atoms with van der Waals surface area (Å²) in [6, 6.07) is 5.82. The summed E-state index contributed by atoms with van der Waals surface area (Å²) in [7, 11) is 3.38. The fraction of sp³-hybridized carbons (Fsp3) is 0.571. The summed E-state index contributed by atoms with van der Waals surface area (Å²) in [5.41, 5.74) is 7.79. The zero-order chi connectivity index (χ0) is 14.1. The quantitative estimate of drug-likeness (QED) is 0.692. The van der Waals surface area contributed by atoms with E-state index in [1.165, 1.54) is 0 Å². The highest BCUT2D eigenvalue weighted by atomic mass is 16.5. The molecule has 0 spiro atoms. The van der Waals surface area contributed by atoms with Crippen LogP contribution in [0.25, 0.3) is 0 Å². The lowest BCUT2D eigenvalue weighted by Crippen LogP contribution is -2.31. The molecule has 0 aliphatic rings. The number of anilines is 2. The Hall–Kier alpha value is -1.46. The number of hydrogen-bond donors (Lipinski definition) is 1. The first-order chi connectivity index (χ1) is 9.24. The van der Waals surface area contributed by atoms with E-state index in [9.17, 15) is 0 Å². The number of ether oxygens (including phenoxy) is 3. The Kier molecular flexibility index (Phi) is 7.07. The van der Waals surface area contributed by atoms with Gasteiger partial charge in [-0.15, -0.1) is 0 Å². The molecule has 0 atom stereocenters. The van der Waals surface area contributed by atoms with Crippen LogP contribution >= 0.6 is 0 Å². The molecular formula is C14H24N2O3. The maximum atomic E-state index is 6.17. The van der Waals surface area contributed by atoms with E-state index in [0.717, 1.165) is 24.5 Å². The minimum absolute atomic E-state index is 0.601. The Morgan fingerprint density at radius 2 is 1.74 bits per heavy atom. The molecule has 5 heteroatoms. The minimum Gasteiger partial charge on any atom is -0.492 e. The van der Waals surface area contributed by atoms with Gasteiger partial charge in [-0.2, -0.15) is 0 Å². The van der Waals surface area contributed by atoms with Crippen molar-refractivity contribution >= 4 is 11.4 Å². The lowest BCUT2D eigenvalue weighted by atomic mass is 10.2. The van der Waals surface area contributed by atoms with Gasteiger partial charge in [-0.1, -0.05) is 6.07 Å². The second-order valence-corrected chi connectivity index (χ2v) is 4.09. The predicted molar refractivity (Wildman–Crippen MR) is 78.0 cm³/mol. The van der Waals surface area contributed by atoms with Gasteiger partial charge in [-0.05, 0) is 19.1 Å². The van der Waals surface area contributed by atoms with Gasteiger partial charge in [-0.25, -0.2) is 0 Å². The van der Waals surface area contributed by atoms with Crippen molar-refractivity contribution in [2.24, 2.45) is 0 Å². The Labute approximate surface area is 115 Å². The number of nitrogens with zero attached hydrogens (tertiary/aromatic N) is 1. The van der Waals surface area contributed by atoms with Gasteiger partial charge in [0.1, 0.15) is 5.75 Å². The molecule has 108 valence electrons. The van der Waals surface area contributed by atoms with Gasteiger partial charge in [-0.3, -0.25) is 0 Å². The molecule has 5 nitrogen and oxygen atoms in total. The maximum absolute atomic E-state index is 6.17. The van der Waals surface area contributed by atoms with Crippen molar-refractivity contribution in [3.05, 3.63) is 18.2 Å². The molecule has 0 heterocycles. The second kappa shape index (κ2) is 8.61. The first-order valence-electron chi connectivity index (χ1n) is 6.48. The third-order valence-electron chi connectivity index (χ3n) is 2.81. The average molecular weight is 268 g/mol. The van der Waals surface area contributed by atoms with Crippen LogP contribution in [0.2, 0.25) is 0 Å². The highest BCUT2D eigenvalue weighted by molar-refractivity contribution is 5.74. The topological polar surface area (TPSA) is 57.0 Å². The number of hydrogen-bond acceptors (Lipinski definition) is 5. The van der Waals surface area contributed by atoms with E-state index in [-0.39, 0.29) is 0 Å². The average Bonchev–Trinajstić information content (AvgIpc) is 2.42. The number of para-hydroxylation sites is 1. The first-order valence-corrected chi connectivity index (χ1v) is 6.48. The van der Waals surface area contributed by atoms with Crippen LogP contribution in [0.5, 0.6) is 5.75 Å². The van der Waals surface area contributed by atoms with Crippen molar-refractivity contribution in [2.75, 3.05) is 57.8 Å². The fourth-order valence-corrected chi connectivity index (χ4v) is 1.85. The molecule has 0 saturated carbocycles. The van der Waals surface area contributed by atoms with E-state index in [2.05, 4.69) is 4.90 Å². The number of nitrogen functional groups attached to an aromatic ring is 1. The Morgan fingerprint density at radius 1 is 1.11 bits per heavy atom. The summed E-state index contributed by atoms with van der Waals surface area (Å²) in [6.45, 7) is 5.35. The van der Waals surface area contributed by atoms with Crippen molar-refractivity contribution in [1.29, 1.82) is 0 Å². The fourth-order valence-electron chi connectivity index (χ4n) is 1.85. The third kappa shape index (κ3) is 4.61. The highest BCUT2D eigenvalue weighted by Crippen LogP contribution is 2.32. The van der Waals surface area contributed by atoms with Crippen LogP contribution in [0.4, 0.5) is 11.4 Å². The zero-order valence-corrected chi connectivity index (χ0v) is 12.0. The summed E-state index contributed by atoms with van der Waals surface area (Å²) in [4.78, 5) is 2.14. The third-order valence-corrected chi connectivity index (χ3v) is 2.81.